The van der Waals surface area contributed by atoms with E-state index in [1.165, 1.54) is 6.08 Å². The molecule has 2 aliphatic heterocycles. The van der Waals surface area contributed by atoms with Gasteiger partial charge in [-0.3, -0.25) is 0 Å². The highest BCUT2D eigenvalue weighted by Crippen LogP contribution is 2.43. The molecule has 2 saturated heterocycles. The van der Waals surface area contributed by atoms with Gasteiger partial charge in [-0.05, 0) is 68.1 Å². The summed E-state index contributed by atoms with van der Waals surface area (Å²) >= 11 is 0. The summed E-state index contributed by atoms with van der Waals surface area (Å²) in [6.07, 6.45) is 0.460. The molecule has 0 unspecified atom stereocenters. The Morgan fingerprint density at radius 1 is 0.792 bits per heavy atom. The fourth-order valence-electron chi connectivity index (χ4n) is 7.70. The molecule has 53 heavy (non-hydrogen) atoms. The van der Waals surface area contributed by atoms with Crippen LogP contribution in [0.2, 0.25) is 18.1 Å². The molecule has 6 atom stereocenters. The number of hydrogen-bond acceptors (Lipinski definition) is 9. The summed E-state index contributed by atoms with van der Waals surface area (Å²) < 4.78 is 51.6. The molecule has 0 aromatic heterocycles. The van der Waals surface area contributed by atoms with Gasteiger partial charge < -0.3 is 37.6 Å². The van der Waals surface area contributed by atoms with Crippen LogP contribution in [-0.4, -0.2) is 83.8 Å². The van der Waals surface area contributed by atoms with Crippen LogP contribution in [0.5, 0.6) is 0 Å². The second-order valence-electron chi connectivity index (χ2n) is 14.1. The molecule has 2 fully saturated rings. The Balaban J connectivity index is 1.52. The fraction of sp³-hybridized carbons (Fsp3) is 0.512. The van der Waals surface area contributed by atoms with Crippen LogP contribution in [0, 0.1) is 0 Å². The fourth-order valence-corrected chi connectivity index (χ4v) is 10.5. The van der Waals surface area contributed by atoms with Gasteiger partial charge in [0, 0.05) is 13.2 Å². The molecule has 0 amide bonds. The summed E-state index contributed by atoms with van der Waals surface area (Å²) in [5, 5.41) is 0. The zero-order valence-corrected chi connectivity index (χ0v) is 33.4. The van der Waals surface area contributed by atoms with Crippen molar-refractivity contribution in [3.63, 3.8) is 0 Å². The van der Waals surface area contributed by atoms with Crippen molar-refractivity contribution >= 4 is 14.3 Å². The van der Waals surface area contributed by atoms with Crippen molar-refractivity contribution in [1.82, 2.24) is 0 Å². The van der Waals surface area contributed by atoms with Gasteiger partial charge in [0.05, 0.1) is 19.3 Å². The molecular weight excluding hydrogens is 689 g/mol. The molecule has 5 rings (SSSR count). The SMILES string of the molecule is CCOC(=O)/C=C/[C@@H]1OC(C)(C)O[C@@H]1[C@@H]1O[C@H](CCOC(c2ccccc2)(c2ccccc2)c2ccccc2)[C@H](OCOC)[C@@H]1O[Si](CC)(CC)CC. The van der Waals surface area contributed by atoms with Crippen molar-refractivity contribution in [2.24, 2.45) is 0 Å². The highest BCUT2D eigenvalue weighted by molar-refractivity contribution is 6.73. The van der Waals surface area contributed by atoms with E-state index in [1.54, 1.807) is 20.1 Å². The summed E-state index contributed by atoms with van der Waals surface area (Å²) in [5.74, 6) is -1.37. The number of esters is 1. The molecule has 0 saturated carbocycles. The monoisotopic (exact) mass is 746 g/mol. The third kappa shape index (κ3) is 9.55. The zero-order valence-electron chi connectivity index (χ0n) is 32.4. The second kappa shape index (κ2) is 18.9. The average molecular weight is 747 g/mol. The number of carbonyl (C=O) groups excluding carboxylic acids is 1. The molecule has 0 N–H and O–H groups in total. The molecular formula is C43H58O9Si. The van der Waals surface area contributed by atoms with E-state index in [-0.39, 0.29) is 13.4 Å². The van der Waals surface area contributed by atoms with E-state index < -0.39 is 62.3 Å². The maximum Gasteiger partial charge on any atom is 0.330 e. The first kappa shape index (κ1) is 41.0. The van der Waals surface area contributed by atoms with E-state index in [1.807, 2.05) is 68.4 Å². The summed E-state index contributed by atoms with van der Waals surface area (Å²) in [6, 6.07) is 33.9. The molecule has 9 nitrogen and oxygen atoms in total. The maximum absolute atomic E-state index is 12.4. The van der Waals surface area contributed by atoms with Gasteiger partial charge in [-0.1, -0.05) is 112 Å². The van der Waals surface area contributed by atoms with Gasteiger partial charge in [0.25, 0.3) is 0 Å². The van der Waals surface area contributed by atoms with Crippen molar-refractivity contribution in [3.8, 4) is 0 Å². The molecule has 0 aliphatic carbocycles. The lowest BCUT2D eigenvalue weighted by atomic mass is 9.80. The van der Waals surface area contributed by atoms with Crippen LogP contribution in [0.3, 0.4) is 0 Å². The first-order valence-electron chi connectivity index (χ1n) is 19.1. The van der Waals surface area contributed by atoms with E-state index >= 15 is 0 Å². The van der Waals surface area contributed by atoms with Crippen molar-refractivity contribution < 1.29 is 42.4 Å². The first-order valence-corrected chi connectivity index (χ1v) is 21.6. The number of carbonyl (C=O) groups is 1. The van der Waals surface area contributed by atoms with E-state index in [0.717, 1.165) is 34.8 Å². The van der Waals surface area contributed by atoms with Gasteiger partial charge in [-0.2, -0.15) is 0 Å². The quantitative estimate of drug-likeness (QED) is 0.0396. The third-order valence-electron chi connectivity index (χ3n) is 10.5. The normalized spacial score (nSPS) is 24.5. The number of methoxy groups -OCH3 is 1. The van der Waals surface area contributed by atoms with Gasteiger partial charge in [-0.15, -0.1) is 0 Å². The van der Waals surface area contributed by atoms with Crippen LogP contribution in [0.1, 0.15) is 64.7 Å². The van der Waals surface area contributed by atoms with Crippen molar-refractivity contribution in [2.75, 3.05) is 27.1 Å². The lowest BCUT2D eigenvalue weighted by Crippen LogP contribution is -2.52. The molecule has 10 heteroatoms. The van der Waals surface area contributed by atoms with Gasteiger partial charge in [0.15, 0.2) is 14.1 Å². The predicted octanol–water partition coefficient (Wildman–Crippen LogP) is 8.17. The molecule has 288 valence electrons. The smallest absolute Gasteiger partial charge is 0.330 e. The Morgan fingerprint density at radius 2 is 1.34 bits per heavy atom. The Bertz CT molecular complexity index is 1460. The number of ether oxygens (including phenoxy) is 7. The van der Waals surface area contributed by atoms with Crippen LogP contribution >= 0.6 is 0 Å². The Kier molecular flexibility index (Phi) is 14.6. The van der Waals surface area contributed by atoms with Crippen molar-refractivity contribution in [2.45, 2.75) is 114 Å². The topological polar surface area (TPSA) is 90.9 Å². The van der Waals surface area contributed by atoms with Crippen molar-refractivity contribution in [3.05, 3.63) is 120 Å². The number of benzene rings is 3. The minimum atomic E-state index is -2.20. The van der Waals surface area contributed by atoms with E-state index in [9.17, 15) is 4.79 Å². The lowest BCUT2D eigenvalue weighted by molar-refractivity contribution is -0.162. The molecule has 0 spiro atoms. The average Bonchev–Trinajstić information content (AvgIpc) is 3.69. The predicted molar refractivity (Wildman–Crippen MR) is 207 cm³/mol. The van der Waals surface area contributed by atoms with Crippen LogP contribution in [0.4, 0.5) is 0 Å². The number of hydrogen-bond donors (Lipinski definition) is 0. The summed E-state index contributed by atoms with van der Waals surface area (Å²) in [6.45, 7) is 12.8. The zero-order chi connectivity index (χ0) is 37.9. The lowest BCUT2D eigenvalue weighted by Gasteiger charge is -2.37. The van der Waals surface area contributed by atoms with E-state index in [2.05, 4.69) is 57.2 Å². The second-order valence-corrected chi connectivity index (χ2v) is 18.8. The maximum atomic E-state index is 12.4. The number of rotatable bonds is 19. The molecule has 3 aromatic rings. The summed E-state index contributed by atoms with van der Waals surface area (Å²) in [4.78, 5) is 12.4. The van der Waals surface area contributed by atoms with Crippen LogP contribution < -0.4 is 0 Å². The molecule has 3 aromatic carbocycles. The minimum Gasteiger partial charge on any atom is -0.463 e. The Hall–Kier alpha value is -3.19. The largest absolute Gasteiger partial charge is 0.463 e. The van der Waals surface area contributed by atoms with Crippen LogP contribution in [0.25, 0.3) is 0 Å². The highest BCUT2D eigenvalue weighted by Gasteiger charge is 2.57. The van der Waals surface area contributed by atoms with Crippen molar-refractivity contribution in [1.29, 1.82) is 0 Å². The standard InChI is InChI=1S/C43H58O9Si/c1-8-46-37(44)28-27-36-39(51-42(5,6)50-36)40-41(52-53(9-2,10-3)11-4)38(47-31-45-7)35(49-40)29-30-48-43(32-21-15-12-16-22-32,33-23-17-13-18-24-33)34-25-19-14-20-26-34/h12-28,35-36,38-41H,8-11,29-31H2,1-7H3/b28-27+/t35-,36+,38+,39+,40+,41+/m1/s1. The molecule has 2 aliphatic rings. The van der Waals surface area contributed by atoms with Crippen LogP contribution in [0.15, 0.2) is 103 Å². The highest BCUT2D eigenvalue weighted by atomic mass is 28.4. The Morgan fingerprint density at radius 3 is 1.83 bits per heavy atom. The van der Waals surface area contributed by atoms with Gasteiger partial charge in [-0.25, -0.2) is 4.79 Å². The van der Waals surface area contributed by atoms with E-state index in [4.69, 9.17) is 37.6 Å². The summed E-state index contributed by atoms with van der Waals surface area (Å²) in [5.41, 5.74) is 2.19. The minimum absolute atomic E-state index is 0.0680. The van der Waals surface area contributed by atoms with Gasteiger partial charge in [0.2, 0.25) is 0 Å². The molecule has 2 heterocycles. The van der Waals surface area contributed by atoms with Gasteiger partial charge in [0.1, 0.15) is 42.9 Å². The van der Waals surface area contributed by atoms with Gasteiger partial charge >= 0.3 is 5.97 Å². The van der Waals surface area contributed by atoms with E-state index in [0.29, 0.717) is 13.0 Å². The molecule has 0 radical (unpaired) electrons. The summed E-state index contributed by atoms with van der Waals surface area (Å²) in [7, 11) is -0.589. The third-order valence-corrected chi connectivity index (χ3v) is 15.1. The molecule has 0 bridgehead atoms. The van der Waals surface area contributed by atoms with Crippen LogP contribution in [-0.2, 0) is 48.0 Å². The Labute approximate surface area is 317 Å². The first-order chi connectivity index (χ1) is 25.7.